The van der Waals surface area contributed by atoms with E-state index in [0.29, 0.717) is 6.61 Å². The fourth-order valence-corrected chi connectivity index (χ4v) is 3.67. The van der Waals surface area contributed by atoms with Crippen LogP contribution in [0.1, 0.15) is 17.4 Å². The highest BCUT2D eigenvalue weighted by molar-refractivity contribution is 7.79. The van der Waals surface area contributed by atoms with Crippen molar-refractivity contribution in [1.29, 1.82) is 0 Å². The third-order valence-corrected chi connectivity index (χ3v) is 4.60. The predicted molar refractivity (Wildman–Crippen MR) is 87.1 cm³/mol. The molecule has 0 unspecified atom stereocenters. The molecular weight excluding hydrogens is 292 g/mol. The van der Waals surface area contributed by atoms with Gasteiger partial charge in [0.15, 0.2) is 0 Å². The summed E-state index contributed by atoms with van der Waals surface area (Å²) < 4.78 is 6.39. The molecule has 3 rings (SSSR count). The van der Waals surface area contributed by atoms with Gasteiger partial charge in [0, 0.05) is 24.2 Å². The molecule has 110 valence electrons. The van der Waals surface area contributed by atoms with Gasteiger partial charge >= 0.3 is 6.09 Å². The Hall–Kier alpha value is -1.14. The number of nitrogens with one attached hydrogen (secondary N) is 1. The zero-order chi connectivity index (χ0) is 14.5. The lowest BCUT2D eigenvalue weighted by molar-refractivity contribution is 0.109. The minimum absolute atomic E-state index is 0.185. The van der Waals surface area contributed by atoms with Gasteiger partial charge in [0.05, 0.1) is 16.8 Å². The Morgan fingerprint density at radius 1 is 1.45 bits per heavy atom. The van der Waals surface area contributed by atoms with Crippen LogP contribution in [0, 0.1) is 0 Å². The largest absolute Gasteiger partial charge is 0.450 e. The Kier molecular flexibility index (Phi) is 5.37. The molecule has 2 aromatic heterocycles. The molecule has 0 aromatic carbocycles. The second-order valence-corrected chi connectivity index (χ2v) is 5.54. The highest BCUT2D eigenvalue weighted by Crippen LogP contribution is 2.32. The van der Waals surface area contributed by atoms with Gasteiger partial charge in [-0.05, 0) is 37.7 Å². The van der Waals surface area contributed by atoms with Crippen molar-refractivity contribution in [1.82, 2.24) is 9.88 Å². The second kappa shape index (κ2) is 7.04. The molecule has 0 saturated heterocycles. The Bertz CT molecular complexity index is 577. The minimum atomic E-state index is -0.185. The molecule has 3 heterocycles. The summed E-state index contributed by atoms with van der Waals surface area (Å²) in [5, 5.41) is 0. The molecule has 1 N–H and O–H groups in total. The predicted octanol–water partition coefficient (Wildman–Crippen LogP) is 3.33. The third-order valence-electron chi connectivity index (χ3n) is 3.35. The Balaban J connectivity index is 0.000000704. The standard InChI is InChI=1S/C13H16N2O2S.CH4S/c1-2-17-13(16)15-7-4-9-10(5-8-15)18-11-3-6-14-12(9)11;1-2/h3,6,14H,2,4-5,7-8H2,1H3;2H,1H3. The molecule has 0 bridgehead atoms. The van der Waals surface area contributed by atoms with Crippen LogP contribution in [0.15, 0.2) is 12.3 Å². The van der Waals surface area contributed by atoms with Crippen LogP contribution in [-0.2, 0) is 17.6 Å². The first-order chi connectivity index (χ1) is 9.79. The van der Waals surface area contributed by atoms with Gasteiger partial charge in [0.1, 0.15) is 0 Å². The molecular formula is C14H20N2O2S2. The van der Waals surface area contributed by atoms with Crippen LogP contribution >= 0.6 is 24.0 Å². The number of carbonyl (C=O) groups excluding carboxylic acids is 1. The van der Waals surface area contributed by atoms with Crippen molar-refractivity contribution >= 4 is 40.3 Å². The molecule has 0 fully saturated rings. The number of rotatable bonds is 1. The Morgan fingerprint density at radius 2 is 2.20 bits per heavy atom. The normalized spacial score (nSPS) is 14.2. The van der Waals surface area contributed by atoms with E-state index >= 15 is 0 Å². The van der Waals surface area contributed by atoms with Crippen molar-refractivity contribution in [3.63, 3.8) is 0 Å². The summed E-state index contributed by atoms with van der Waals surface area (Å²) in [6.07, 6.45) is 5.33. The molecule has 0 atom stereocenters. The number of amides is 1. The van der Waals surface area contributed by atoms with Gasteiger partial charge in [0.25, 0.3) is 0 Å². The number of hydrogen-bond donors (Lipinski definition) is 2. The van der Waals surface area contributed by atoms with Crippen LogP contribution in [0.25, 0.3) is 10.2 Å². The van der Waals surface area contributed by atoms with Crippen molar-refractivity contribution in [2.24, 2.45) is 0 Å². The molecule has 0 spiro atoms. The SMILES string of the molecule is CCOC(=O)N1CCc2sc3cc[nH]c3c2CC1.CS. The zero-order valence-corrected chi connectivity index (χ0v) is 13.5. The number of hydrogen-bond acceptors (Lipinski definition) is 4. The lowest BCUT2D eigenvalue weighted by Crippen LogP contribution is -2.33. The smallest absolute Gasteiger partial charge is 0.409 e. The first kappa shape index (κ1) is 15.3. The van der Waals surface area contributed by atoms with Gasteiger partial charge in [-0.15, -0.1) is 11.3 Å². The van der Waals surface area contributed by atoms with Gasteiger partial charge < -0.3 is 14.6 Å². The number of aromatic amines is 1. The van der Waals surface area contributed by atoms with Gasteiger partial charge in [-0.3, -0.25) is 0 Å². The number of ether oxygens (including phenoxy) is 1. The van der Waals surface area contributed by atoms with Crippen molar-refractivity contribution in [2.45, 2.75) is 19.8 Å². The van der Waals surface area contributed by atoms with E-state index in [1.165, 1.54) is 20.7 Å². The summed E-state index contributed by atoms with van der Waals surface area (Å²) in [6, 6.07) is 2.12. The highest BCUT2D eigenvalue weighted by atomic mass is 32.1. The number of aromatic nitrogens is 1. The molecule has 0 aliphatic carbocycles. The molecule has 20 heavy (non-hydrogen) atoms. The van der Waals surface area contributed by atoms with Gasteiger partial charge in [0.2, 0.25) is 0 Å². The topological polar surface area (TPSA) is 45.3 Å². The third kappa shape index (κ3) is 2.96. The van der Waals surface area contributed by atoms with Crippen LogP contribution in [0.5, 0.6) is 0 Å². The lowest BCUT2D eigenvalue weighted by Gasteiger charge is -2.19. The molecule has 1 amide bonds. The van der Waals surface area contributed by atoms with Crippen molar-refractivity contribution < 1.29 is 9.53 Å². The highest BCUT2D eigenvalue weighted by Gasteiger charge is 2.22. The zero-order valence-electron chi connectivity index (χ0n) is 11.8. The first-order valence-electron chi connectivity index (χ1n) is 6.73. The monoisotopic (exact) mass is 312 g/mol. The summed E-state index contributed by atoms with van der Waals surface area (Å²) in [6.45, 7) is 3.79. The van der Waals surface area contributed by atoms with E-state index < -0.39 is 0 Å². The number of H-pyrrole nitrogens is 1. The molecule has 1 aliphatic heterocycles. The van der Waals surface area contributed by atoms with Crippen molar-refractivity contribution in [3.05, 3.63) is 22.7 Å². The van der Waals surface area contributed by atoms with Crippen LogP contribution in [0.4, 0.5) is 4.79 Å². The summed E-state index contributed by atoms with van der Waals surface area (Å²) >= 11 is 5.36. The molecule has 1 aliphatic rings. The second-order valence-electron chi connectivity index (χ2n) is 4.41. The molecule has 6 heteroatoms. The summed E-state index contributed by atoms with van der Waals surface area (Å²) in [5.41, 5.74) is 2.63. The number of fused-ring (bicyclic) bond motifs is 3. The maximum absolute atomic E-state index is 11.7. The average molecular weight is 312 g/mol. The number of nitrogens with zero attached hydrogens (tertiary/aromatic N) is 1. The van der Waals surface area contributed by atoms with E-state index in [-0.39, 0.29) is 6.09 Å². The van der Waals surface area contributed by atoms with E-state index in [2.05, 4.69) is 23.7 Å². The molecule has 0 radical (unpaired) electrons. The Morgan fingerprint density at radius 3 is 2.95 bits per heavy atom. The summed E-state index contributed by atoms with van der Waals surface area (Å²) in [7, 11) is 0. The lowest BCUT2D eigenvalue weighted by atomic mass is 10.1. The summed E-state index contributed by atoms with van der Waals surface area (Å²) in [4.78, 5) is 18.3. The quantitative estimate of drug-likeness (QED) is 0.793. The van der Waals surface area contributed by atoms with Crippen LogP contribution in [-0.4, -0.2) is 41.9 Å². The number of carbonyl (C=O) groups is 1. The van der Waals surface area contributed by atoms with Crippen LogP contribution in [0.3, 0.4) is 0 Å². The molecule has 2 aromatic rings. The van der Waals surface area contributed by atoms with Crippen LogP contribution < -0.4 is 0 Å². The van der Waals surface area contributed by atoms with E-state index in [1.807, 2.05) is 29.4 Å². The fraction of sp³-hybridized carbons (Fsp3) is 0.500. The van der Waals surface area contributed by atoms with E-state index in [4.69, 9.17) is 4.74 Å². The minimum Gasteiger partial charge on any atom is -0.450 e. The average Bonchev–Trinajstić information content (AvgIpc) is 2.97. The van der Waals surface area contributed by atoms with Gasteiger partial charge in [-0.25, -0.2) is 4.79 Å². The maximum Gasteiger partial charge on any atom is 0.409 e. The summed E-state index contributed by atoms with van der Waals surface area (Å²) in [5.74, 6) is 0. The molecule has 0 saturated carbocycles. The van der Waals surface area contributed by atoms with Crippen molar-refractivity contribution in [2.75, 3.05) is 26.0 Å². The van der Waals surface area contributed by atoms with Crippen molar-refractivity contribution in [3.8, 4) is 0 Å². The molecule has 4 nitrogen and oxygen atoms in total. The Labute approximate surface area is 128 Å². The number of thiophene rings is 1. The van der Waals surface area contributed by atoms with Gasteiger partial charge in [-0.1, -0.05) is 0 Å². The van der Waals surface area contributed by atoms with Gasteiger partial charge in [-0.2, -0.15) is 12.6 Å². The maximum atomic E-state index is 11.7. The van der Waals surface area contributed by atoms with E-state index in [1.54, 1.807) is 6.26 Å². The van der Waals surface area contributed by atoms with E-state index in [9.17, 15) is 4.79 Å². The van der Waals surface area contributed by atoms with Crippen LogP contribution in [0.2, 0.25) is 0 Å². The number of thiol groups is 1. The first-order valence-corrected chi connectivity index (χ1v) is 8.44. The fourth-order valence-electron chi connectivity index (χ4n) is 2.47. The van der Waals surface area contributed by atoms with E-state index in [0.717, 1.165) is 25.9 Å².